The molecule has 0 radical (unpaired) electrons. The smallest absolute Gasteiger partial charge is 0.338 e. The Morgan fingerprint density at radius 1 is 1.12 bits per heavy atom. The Balaban J connectivity index is 1.99. The van der Waals surface area contributed by atoms with Crippen molar-refractivity contribution in [3.05, 3.63) is 59.9 Å². The summed E-state index contributed by atoms with van der Waals surface area (Å²) >= 11 is 0. The Hall–Kier alpha value is -2.89. The number of hydrogen-bond acceptors (Lipinski definition) is 4. The number of anilines is 2. The van der Waals surface area contributed by atoms with Gasteiger partial charge < -0.3 is 15.0 Å². The molecule has 1 amide bonds. The minimum absolute atomic E-state index is 0.364. The van der Waals surface area contributed by atoms with Crippen LogP contribution >= 0.6 is 0 Å². The van der Waals surface area contributed by atoms with Gasteiger partial charge in [0.05, 0.1) is 5.56 Å². The number of nitrogens with zero attached hydrogens (tertiary/aromatic N) is 1. The molecule has 0 fully saturated rings. The summed E-state index contributed by atoms with van der Waals surface area (Å²) in [6, 6.07) is 12.3. The second kappa shape index (κ2) is 7.59. The number of amides is 1. The van der Waals surface area contributed by atoms with Crippen molar-refractivity contribution in [2.45, 2.75) is 13.0 Å². The quantitative estimate of drug-likeness (QED) is 0.856. The molecule has 0 bridgehead atoms. The summed E-state index contributed by atoms with van der Waals surface area (Å²) < 4.78 is 18.0. The summed E-state index contributed by atoms with van der Waals surface area (Å²) in [5, 5.41) is 2.56. The number of ether oxygens (including phenoxy) is 1. The average Bonchev–Trinajstić information content (AvgIpc) is 2.56. The van der Waals surface area contributed by atoms with Crippen molar-refractivity contribution in [2.24, 2.45) is 0 Å². The molecule has 2 aromatic carbocycles. The van der Waals surface area contributed by atoms with Crippen molar-refractivity contribution in [3.8, 4) is 0 Å². The lowest BCUT2D eigenvalue weighted by Crippen LogP contribution is -2.30. The molecule has 0 aromatic heterocycles. The summed E-state index contributed by atoms with van der Waals surface area (Å²) in [5.41, 5.74) is 1.65. The maximum atomic E-state index is 12.8. The molecule has 2 aromatic rings. The maximum absolute atomic E-state index is 12.8. The molecule has 0 aliphatic heterocycles. The number of carbonyl (C=O) groups is 2. The molecule has 5 nitrogen and oxygen atoms in total. The van der Waals surface area contributed by atoms with E-state index in [0.29, 0.717) is 11.3 Å². The summed E-state index contributed by atoms with van der Waals surface area (Å²) in [6.45, 7) is 1.48. The Labute approximate surface area is 140 Å². The van der Waals surface area contributed by atoms with Gasteiger partial charge in [-0.25, -0.2) is 9.18 Å². The van der Waals surface area contributed by atoms with Crippen molar-refractivity contribution < 1.29 is 18.7 Å². The number of esters is 1. The zero-order chi connectivity index (χ0) is 17.7. The molecule has 0 heterocycles. The third kappa shape index (κ3) is 4.55. The van der Waals surface area contributed by atoms with Crippen LogP contribution in [-0.4, -0.2) is 32.1 Å². The van der Waals surface area contributed by atoms with Gasteiger partial charge in [-0.15, -0.1) is 0 Å². The number of hydrogen-bond donors (Lipinski definition) is 1. The largest absolute Gasteiger partial charge is 0.449 e. The van der Waals surface area contributed by atoms with E-state index in [9.17, 15) is 14.0 Å². The fraction of sp³-hybridized carbons (Fsp3) is 0.222. The molecule has 0 saturated heterocycles. The summed E-state index contributed by atoms with van der Waals surface area (Å²) in [6.07, 6.45) is -0.981. The van der Waals surface area contributed by atoms with Crippen LogP contribution in [0.2, 0.25) is 0 Å². The first kappa shape index (κ1) is 17.5. The highest BCUT2D eigenvalue weighted by Crippen LogP contribution is 2.15. The van der Waals surface area contributed by atoms with Gasteiger partial charge in [0.1, 0.15) is 5.82 Å². The number of nitrogens with one attached hydrogen (secondary N) is 1. The fourth-order valence-corrected chi connectivity index (χ4v) is 1.97. The monoisotopic (exact) mass is 330 g/mol. The van der Waals surface area contributed by atoms with E-state index in [2.05, 4.69) is 5.32 Å². The molecular formula is C18H19FN2O3. The molecule has 6 heteroatoms. The Morgan fingerprint density at radius 2 is 1.79 bits per heavy atom. The predicted octanol–water partition coefficient (Wildman–Crippen LogP) is 3.08. The van der Waals surface area contributed by atoms with Crippen molar-refractivity contribution in [1.82, 2.24) is 0 Å². The number of benzene rings is 2. The van der Waals surface area contributed by atoms with Gasteiger partial charge >= 0.3 is 5.97 Å². The minimum atomic E-state index is -0.981. The standard InChI is InChI=1S/C18H19FN2O3/c1-12(17(22)20-15-9-7-14(19)8-10-15)24-18(23)13-5-4-6-16(11-13)21(2)3/h4-12H,1-3H3,(H,20,22)/t12-/m1/s1. The lowest BCUT2D eigenvalue weighted by molar-refractivity contribution is -0.123. The van der Waals surface area contributed by atoms with Crippen LogP contribution in [0.1, 0.15) is 17.3 Å². The van der Waals surface area contributed by atoms with Gasteiger partial charge in [-0.2, -0.15) is 0 Å². The molecule has 2 rings (SSSR count). The van der Waals surface area contributed by atoms with E-state index in [1.54, 1.807) is 18.2 Å². The van der Waals surface area contributed by atoms with Crippen LogP contribution in [0.3, 0.4) is 0 Å². The molecular weight excluding hydrogens is 311 g/mol. The van der Waals surface area contributed by atoms with E-state index < -0.39 is 23.8 Å². The zero-order valence-corrected chi connectivity index (χ0v) is 13.7. The van der Waals surface area contributed by atoms with Gasteiger partial charge in [-0.05, 0) is 49.4 Å². The fourth-order valence-electron chi connectivity index (χ4n) is 1.97. The van der Waals surface area contributed by atoms with Gasteiger partial charge in [-0.3, -0.25) is 4.79 Å². The normalized spacial score (nSPS) is 11.5. The predicted molar refractivity (Wildman–Crippen MR) is 90.7 cm³/mol. The Morgan fingerprint density at radius 3 is 2.42 bits per heavy atom. The summed E-state index contributed by atoms with van der Waals surface area (Å²) in [5.74, 6) is -1.47. The van der Waals surface area contributed by atoms with Crippen LogP contribution in [0, 0.1) is 5.82 Å². The van der Waals surface area contributed by atoms with Gasteiger partial charge in [-0.1, -0.05) is 6.07 Å². The zero-order valence-electron chi connectivity index (χ0n) is 13.7. The van der Waals surface area contributed by atoms with E-state index in [-0.39, 0.29) is 0 Å². The number of halogens is 1. The van der Waals surface area contributed by atoms with Crippen molar-refractivity contribution in [2.75, 3.05) is 24.3 Å². The van der Waals surface area contributed by atoms with Crippen LogP contribution in [-0.2, 0) is 9.53 Å². The van der Waals surface area contributed by atoms with Gasteiger partial charge in [0.15, 0.2) is 6.10 Å². The first-order chi connectivity index (χ1) is 11.4. The van der Waals surface area contributed by atoms with Crippen LogP contribution in [0.4, 0.5) is 15.8 Å². The molecule has 0 aliphatic rings. The molecule has 24 heavy (non-hydrogen) atoms. The van der Waals surface area contributed by atoms with E-state index in [1.807, 2.05) is 25.1 Å². The maximum Gasteiger partial charge on any atom is 0.338 e. The summed E-state index contributed by atoms with van der Waals surface area (Å²) in [7, 11) is 3.73. The molecule has 0 spiro atoms. The average molecular weight is 330 g/mol. The van der Waals surface area contributed by atoms with Crippen molar-refractivity contribution >= 4 is 23.3 Å². The Bertz CT molecular complexity index is 729. The first-order valence-electron chi connectivity index (χ1n) is 7.41. The number of carbonyl (C=O) groups excluding carboxylic acids is 2. The van der Waals surface area contributed by atoms with Crippen LogP contribution in [0.25, 0.3) is 0 Å². The first-order valence-corrected chi connectivity index (χ1v) is 7.41. The van der Waals surface area contributed by atoms with E-state index in [0.717, 1.165) is 5.69 Å². The second-order valence-corrected chi connectivity index (χ2v) is 5.49. The molecule has 1 N–H and O–H groups in total. The van der Waals surface area contributed by atoms with Crippen molar-refractivity contribution in [3.63, 3.8) is 0 Å². The van der Waals surface area contributed by atoms with Gasteiger partial charge in [0.25, 0.3) is 5.91 Å². The minimum Gasteiger partial charge on any atom is -0.449 e. The number of rotatable bonds is 5. The second-order valence-electron chi connectivity index (χ2n) is 5.49. The highest BCUT2D eigenvalue weighted by Gasteiger charge is 2.19. The van der Waals surface area contributed by atoms with E-state index in [4.69, 9.17) is 4.74 Å². The molecule has 0 saturated carbocycles. The SMILES string of the molecule is C[C@@H](OC(=O)c1cccc(N(C)C)c1)C(=O)Nc1ccc(F)cc1. The third-order valence-electron chi connectivity index (χ3n) is 3.36. The lowest BCUT2D eigenvalue weighted by Gasteiger charge is -2.15. The topological polar surface area (TPSA) is 58.6 Å². The van der Waals surface area contributed by atoms with Gasteiger partial charge in [0, 0.05) is 25.5 Å². The van der Waals surface area contributed by atoms with Crippen LogP contribution in [0.15, 0.2) is 48.5 Å². The molecule has 0 unspecified atom stereocenters. The van der Waals surface area contributed by atoms with Crippen LogP contribution in [0.5, 0.6) is 0 Å². The Kier molecular flexibility index (Phi) is 5.52. The van der Waals surface area contributed by atoms with Crippen molar-refractivity contribution in [1.29, 1.82) is 0 Å². The molecule has 1 atom stereocenters. The van der Waals surface area contributed by atoms with E-state index >= 15 is 0 Å². The lowest BCUT2D eigenvalue weighted by atomic mass is 10.2. The highest BCUT2D eigenvalue weighted by atomic mass is 19.1. The molecule has 0 aliphatic carbocycles. The van der Waals surface area contributed by atoms with E-state index in [1.165, 1.54) is 31.2 Å². The summed E-state index contributed by atoms with van der Waals surface area (Å²) in [4.78, 5) is 26.1. The van der Waals surface area contributed by atoms with Gasteiger partial charge in [0.2, 0.25) is 0 Å². The van der Waals surface area contributed by atoms with Crippen LogP contribution < -0.4 is 10.2 Å². The third-order valence-corrected chi connectivity index (χ3v) is 3.36. The highest BCUT2D eigenvalue weighted by molar-refractivity contribution is 5.97. The molecule has 126 valence electrons.